The largest absolute Gasteiger partial charge is 0.489 e. The van der Waals surface area contributed by atoms with E-state index in [0.29, 0.717) is 18.6 Å². The molecule has 0 amide bonds. The fraction of sp³-hybridized carbons (Fsp3) is 0.333. The molecule has 2 heterocycles. The molecule has 1 saturated heterocycles. The molecule has 200 valence electrons. The predicted octanol–water partition coefficient (Wildman–Crippen LogP) is 5.85. The van der Waals surface area contributed by atoms with Gasteiger partial charge in [-0.2, -0.15) is 0 Å². The third kappa shape index (κ3) is 6.50. The number of rotatable bonds is 8. The number of para-hydroxylation sites is 1. The number of nitrogens with zero attached hydrogens (tertiary/aromatic N) is 1. The van der Waals surface area contributed by atoms with Crippen molar-refractivity contribution in [3.63, 3.8) is 0 Å². The van der Waals surface area contributed by atoms with Gasteiger partial charge in [-0.3, -0.25) is 14.5 Å². The number of carbonyl (C=O) groups excluding carboxylic acids is 1. The first-order valence-electron chi connectivity index (χ1n) is 13.4. The number of benzene rings is 3. The van der Waals surface area contributed by atoms with Crippen molar-refractivity contribution in [2.75, 3.05) is 13.1 Å². The molecule has 3 aromatic carbocycles. The normalized spacial score (nSPS) is 16.9. The van der Waals surface area contributed by atoms with Crippen molar-refractivity contribution < 1.29 is 24.2 Å². The molecule has 0 aliphatic carbocycles. The quantitative estimate of drug-likeness (QED) is 0.374. The highest BCUT2D eigenvalue weighted by molar-refractivity contribution is 6.00. The summed E-state index contributed by atoms with van der Waals surface area (Å²) in [4.78, 5) is 26.2. The van der Waals surface area contributed by atoms with Crippen molar-refractivity contribution >= 4 is 11.8 Å². The van der Waals surface area contributed by atoms with E-state index in [1.54, 1.807) is 6.92 Å². The molecule has 0 aromatic heterocycles. The van der Waals surface area contributed by atoms with Gasteiger partial charge in [-0.1, -0.05) is 54.5 Å². The number of fused-ring (bicyclic) bond motifs is 1. The van der Waals surface area contributed by atoms with Crippen LogP contribution in [-0.4, -0.2) is 40.4 Å². The van der Waals surface area contributed by atoms with Crippen LogP contribution in [0.15, 0.2) is 72.8 Å². The zero-order valence-electron chi connectivity index (χ0n) is 22.2. The summed E-state index contributed by atoms with van der Waals surface area (Å²) < 4.78 is 12.3. The molecule has 0 radical (unpaired) electrons. The number of Topliss-reactive ketones (excluding diaryl/α,β-unsaturated/α-hetero) is 1. The minimum atomic E-state index is -0.864. The molecule has 6 heteroatoms. The Morgan fingerprint density at radius 3 is 2.41 bits per heavy atom. The number of aliphatic carboxylic acids is 1. The fourth-order valence-corrected chi connectivity index (χ4v) is 5.40. The van der Waals surface area contributed by atoms with Gasteiger partial charge in [0, 0.05) is 32.5 Å². The first-order chi connectivity index (χ1) is 18.9. The summed E-state index contributed by atoms with van der Waals surface area (Å²) in [5, 5.41) is 9.13. The van der Waals surface area contributed by atoms with Gasteiger partial charge in [0.1, 0.15) is 23.7 Å². The lowest BCUT2D eigenvalue weighted by molar-refractivity contribution is -0.137. The van der Waals surface area contributed by atoms with Crippen molar-refractivity contribution in [3.05, 3.63) is 95.1 Å². The summed E-state index contributed by atoms with van der Waals surface area (Å²) in [7, 11) is 0. The second-order valence-electron chi connectivity index (χ2n) is 10.4. The first kappa shape index (κ1) is 26.5. The Hall–Kier alpha value is -4.08. The van der Waals surface area contributed by atoms with Gasteiger partial charge in [-0.05, 0) is 47.9 Å². The third-order valence-corrected chi connectivity index (χ3v) is 7.58. The molecule has 1 fully saturated rings. The number of ether oxygens (including phenoxy) is 2. The molecule has 6 nitrogen and oxygen atoms in total. The summed E-state index contributed by atoms with van der Waals surface area (Å²) in [5.41, 5.74) is 3.53. The summed E-state index contributed by atoms with van der Waals surface area (Å²) >= 11 is 0. The number of ketones is 1. The smallest absolute Gasteiger partial charge is 0.304 e. The summed E-state index contributed by atoms with van der Waals surface area (Å²) in [6, 6.07) is 23.5. The van der Waals surface area contributed by atoms with Crippen LogP contribution in [0.4, 0.5) is 0 Å². The van der Waals surface area contributed by atoms with E-state index in [1.165, 1.54) is 5.56 Å². The highest BCUT2D eigenvalue weighted by Gasteiger charge is 2.42. The Bertz CT molecular complexity index is 1380. The van der Waals surface area contributed by atoms with Gasteiger partial charge in [-0.25, -0.2) is 0 Å². The Morgan fingerprint density at radius 2 is 1.72 bits per heavy atom. The predicted molar refractivity (Wildman–Crippen MR) is 149 cm³/mol. The third-order valence-electron chi connectivity index (χ3n) is 7.58. The van der Waals surface area contributed by atoms with E-state index in [9.17, 15) is 9.59 Å². The Labute approximate surface area is 229 Å². The average Bonchev–Trinajstić information content (AvgIpc) is 2.94. The highest BCUT2D eigenvalue weighted by atomic mass is 16.5. The van der Waals surface area contributed by atoms with Crippen LogP contribution in [0.3, 0.4) is 0 Å². The van der Waals surface area contributed by atoms with E-state index in [4.69, 9.17) is 14.6 Å². The standard InChI is InChI=1S/C33H33NO5/c1-2-5-27(20-32(36)37)26-12-14-28(15-13-26)38-23-25-10-8-24(9-11-25)22-34-18-16-33(17-19-34)21-30(35)29-6-3-4-7-31(29)39-33/h3-4,6-15,27H,16-23H2,1H3,(H,36,37)/t27-/m0/s1. The number of piperidine rings is 1. The lowest BCUT2D eigenvalue weighted by atomic mass is 9.82. The molecule has 0 bridgehead atoms. The van der Waals surface area contributed by atoms with Gasteiger partial charge in [0.2, 0.25) is 0 Å². The lowest BCUT2D eigenvalue weighted by Gasteiger charge is -2.44. The van der Waals surface area contributed by atoms with Crippen molar-refractivity contribution in [2.24, 2.45) is 0 Å². The van der Waals surface area contributed by atoms with Crippen LogP contribution in [0.25, 0.3) is 0 Å². The van der Waals surface area contributed by atoms with Gasteiger partial charge in [-0.15, -0.1) is 5.92 Å². The number of carboxylic acids is 1. The molecule has 0 unspecified atom stereocenters. The second kappa shape index (κ2) is 11.8. The Morgan fingerprint density at radius 1 is 1.03 bits per heavy atom. The second-order valence-corrected chi connectivity index (χ2v) is 10.4. The van der Waals surface area contributed by atoms with Crippen molar-refractivity contribution in [2.45, 2.75) is 57.3 Å². The molecular formula is C33H33NO5. The number of hydrogen-bond donors (Lipinski definition) is 1. The number of likely N-dealkylation sites (tertiary alicyclic amines) is 1. The van der Waals surface area contributed by atoms with Crippen molar-refractivity contribution in [3.8, 4) is 23.3 Å². The zero-order valence-corrected chi connectivity index (χ0v) is 22.2. The van der Waals surface area contributed by atoms with Crippen LogP contribution in [0.5, 0.6) is 11.5 Å². The monoisotopic (exact) mass is 523 g/mol. The molecule has 1 N–H and O–H groups in total. The van der Waals surface area contributed by atoms with Crippen LogP contribution in [0.2, 0.25) is 0 Å². The van der Waals surface area contributed by atoms with Crippen LogP contribution in [0, 0.1) is 11.8 Å². The number of hydrogen-bond acceptors (Lipinski definition) is 5. The molecule has 1 spiro atoms. The maximum Gasteiger partial charge on any atom is 0.304 e. The van der Waals surface area contributed by atoms with E-state index in [-0.39, 0.29) is 23.7 Å². The molecule has 2 aliphatic rings. The van der Waals surface area contributed by atoms with Gasteiger partial charge in [0.05, 0.1) is 24.3 Å². The number of carboxylic acid groups (broad SMARTS) is 1. The van der Waals surface area contributed by atoms with Gasteiger partial charge >= 0.3 is 5.97 Å². The maximum atomic E-state index is 12.7. The maximum absolute atomic E-state index is 12.7. The summed E-state index contributed by atoms with van der Waals surface area (Å²) in [5.74, 6) is 6.24. The summed E-state index contributed by atoms with van der Waals surface area (Å²) in [6.07, 6.45) is 2.14. The lowest BCUT2D eigenvalue weighted by Crippen LogP contribution is -2.50. The molecular weight excluding hydrogens is 490 g/mol. The summed E-state index contributed by atoms with van der Waals surface area (Å²) in [6.45, 7) is 4.82. The molecule has 0 saturated carbocycles. The van der Waals surface area contributed by atoms with Gasteiger partial charge in [0.25, 0.3) is 0 Å². The van der Waals surface area contributed by atoms with E-state index in [0.717, 1.165) is 55.1 Å². The van der Waals surface area contributed by atoms with E-state index < -0.39 is 5.97 Å². The Balaban J connectivity index is 1.10. The fourth-order valence-electron chi connectivity index (χ4n) is 5.40. The minimum absolute atomic E-state index is 0.0202. The van der Waals surface area contributed by atoms with Crippen molar-refractivity contribution in [1.29, 1.82) is 0 Å². The molecule has 5 rings (SSSR count). The van der Waals surface area contributed by atoms with Crippen LogP contribution >= 0.6 is 0 Å². The van der Waals surface area contributed by atoms with Crippen LogP contribution in [-0.2, 0) is 17.9 Å². The topological polar surface area (TPSA) is 76.1 Å². The van der Waals surface area contributed by atoms with E-state index in [1.807, 2.05) is 48.5 Å². The Kier molecular flexibility index (Phi) is 7.99. The molecule has 2 aliphatic heterocycles. The van der Waals surface area contributed by atoms with Gasteiger partial charge < -0.3 is 14.6 Å². The molecule has 3 aromatic rings. The van der Waals surface area contributed by atoms with E-state index >= 15 is 0 Å². The molecule has 1 atom stereocenters. The zero-order chi connectivity index (χ0) is 27.2. The molecule has 39 heavy (non-hydrogen) atoms. The van der Waals surface area contributed by atoms with Crippen LogP contribution in [0.1, 0.15) is 65.6 Å². The van der Waals surface area contributed by atoms with E-state index in [2.05, 4.69) is 41.0 Å². The average molecular weight is 524 g/mol. The van der Waals surface area contributed by atoms with Crippen LogP contribution < -0.4 is 9.47 Å². The first-order valence-corrected chi connectivity index (χ1v) is 13.4. The number of carbonyl (C=O) groups is 2. The van der Waals surface area contributed by atoms with Crippen molar-refractivity contribution in [1.82, 2.24) is 4.90 Å². The highest BCUT2D eigenvalue weighted by Crippen LogP contribution is 2.39. The minimum Gasteiger partial charge on any atom is -0.489 e. The van der Waals surface area contributed by atoms with Gasteiger partial charge in [0.15, 0.2) is 5.78 Å². The SMILES string of the molecule is CC#C[C@@H](CC(=O)O)c1ccc(OCc2ccc(CN3CCC4(CC3)CC(=O)c3ccccc3O4)cc2)cc1.